The average Bonchev–Trinajstić information content (AvgIpc) is 2.76. The zero-order chi connectivity index (χ0) is 12.8. The van der Waals surface area contributed by atoms with Gasteiger partial charge in [-0.25, -0.2) is 9.59 Å². The molecule has 1 aliphatic heterocycles. The van der Waals surface area contributed by atoms with E-state index in [4.69, 9.17) is 5.11 Å². The van der Waals surface area contributed by atoms with Crippen LogP contribution in [-0.4, -0.2) is 40.6 Å². The number of carboxylic acids is 1. The van der Waals surface area contributed by atoms with E-state index in [2.05, 4.69) is 12.2 Å². The Morgan fingerprint density at radius 1 is 1.47 bits per heavy atom. The van der Waals surface area contributed by atoms with Crippen molar-refractivity contribution in [2.24, 2.45) is 0 Å². The summed E-state index contributed by atoms with van der Waals surface area (Å²) >= 11 is 0. The van der Waals surface area contributed by atoms with Crippen molar-refractivity contribution in [3.63, 3.8) is 0 Å². The first-order valence-electron chi connectivity index (χ1n) is 6.40. The van der Waals surface area contributed by atoms with Gasteiger partial charge in [0.2, 0.25) is 0 Å². The van der Waals surface area contributed by atoms with Gasteiger partial charge < -0.3 is 15.3 Å². The summed E-state index contributed by atoms with van der Waals surface area (Å²) in [6, 6.07) is -0.716. The zero-order valence-corrected chi connectivity index (χ0v) is 10.6. The molecule has 1 heterocycles. The molecular formula is C12H22N2O3. The highest BCUT2D eigenvalue weighted by atomic mass is 16.4. The Morgan fingerprint density at radius 2 is 2.18 bits per heavy atom. The highest BCUT2D eigenvalue weighted by molar-refractivity contribution is 5.82. The van der Waals surface area contributed by atoms with Crippen LogP contribution in [0.3, 0.4) is 0 Å². The summed E-state index contributed by atoms with van der Waals surface area (Å²) in [5.41, 5.74) is 0. The number of nitrogens with zero attached hydrogens (tertiary/aromatic N) is 1. The lowest BCUT2D eigenvalue weighted by Gasteiger charge is -2.25. The summed E-state index contributed by atoms with van der Waals surface area (Å²) in [7, 11) is 0. The molecule has 0 aromatic heterocycles. The van der Waals surface area contributed by atoms with Crippen LogP contribution in [0.15, 0.2) is 0 Å². The molecule has 0 bridgehead atoms. The third-order valence-corrected chi connectivity index (χ3v) is 3.28. The second-order valence-electron chi connectivity index (χ2n) is 4.53. The van der Waals surface area contributed by atoms with Crippen LogP contribution in [0.5, 0.6) is 0 Å². The van der Waals surface area contributed by atoms with E-state index in [-0.39, 0.29) is 12.1 Å². The SMILES string of the molecule is CCC[C@H](NC(=O)N1CCCC1CC)C(=O)O. The van der Waals surface area contributed by atoms with E-state index in [9.17, 15) is 9.59 Å². The van der Waals surface area contributed by atoms with Gasteiger partial charge in [-0.15, -0.1) is 0 Å². The van der Waals surface area contributed by atoms with Crippen LogP contribution >= 0.6 is 0 Å². The third-order valence-electron chi connectivity index (χ3n) is 3.28. The average molecular weight is 242 g/mol. The highest BCUT2D eigenvalue weighted by Crippen LogP contribution is 2.19. The Labute approximate surface area is 102 Å². The van der Waals surface area contributed by atoms with E-state index >= 15 is 0 Å². The lowest BCUT2D eigenvalue weighted by molar-refractivity contribution is -0.139. The number of likely N-dealkylation sites (tertiary alicyclic amines) is 1. The van der Waals surface area contributed by atoms with Gasteiger partial charge >= 0.3 is 12.0 Å². The molecule has 1 unspecified atom stereocenters. The van der Waals surface area contributed by atoms with Gasteiger partial charge in [0.15, 0.2) is 0 Å². The molecule has 0 radical (unpaired) electrons. The molecule has 5 nitrogen and oxygen atoms in total. The largest absolute Gasteiger partial charge is 0.480 e. The third kappa shape index (κ3) is 3.61. The molecule has 0 spiro atoms. The smallest absolute Gasteiger partial charge is 0.326 e. The molecule has 0 aliphatic carbocycles. The van der Waals surface area contributed by atoms with Crippen molar-refractivity contribution in [1.82, 2.24) is 10.2 Å². The topological polar surface area (TPSA) is 69.6 Å². The van der Waals surface area contributed by atoms with Gasteiger partial charge in [-0.2, -0.15) is 0 Å². The Morgan fingerprint density at radius 3 is 2.71 bits per heavy atom. The van der Waals surface area contributed by atoms with E-state index in [0.29, 0.717) is 6.42 Å². The fraction of sp³-hybridized carbons (Fsp3) is 0.833. The lowest BCUT2D eigenvalue weighted by Crippen LogP contribution is -2.49. The Balaban J connectivity index is 2.54. The van der Waals surface area contributed by atoms with Gasteiger partial charge in [0.05, 0.1) is 0 Å². The summed E-state index contributed by atoms with van der Waals surface area (Å²) in [6.07, 6.45) is 4.19. The maximum Gasteiger partial charge on any atom is 0.326 e. The molecule has 98 valence electrons. The molecule has 2 N–H and O–H groups in total. The molecule has 0 saturated carbocycles. The van der Waals surface area contributed by atoms with Crippen molar-refractivity contribution < 1.29 is 14.7 Å². The number of urea groups is 1. The molecule has 0 aromatic rings. The van der Waals surface area contributed by atoms with Crippen molar-refractivity contribution in [2.75, 3.05) is 6.54 Å². The minimum Gasteiger partial charge on any atom is -0.480 e. The van der Waals surface area contributed by atoms with Gasteiger partial charge in [0.25, 0.3) is 0 Å². The fourth-order valence-corrected chi connectivity index (χ4v) is 2.31. The number of carbonyl (C=O) groups excluding carboxylic acids is 1. The van der Waals surface area contributed by atoms with Crippen LogP contribution in [0.25, 0.3) is 0 Å². The van der Waals surface area contributed by atoms with Crippen molar-refractivity contribution in [3.05, 3.63) is 0 Å². The first-order valence-corrected chi connectivity index (χ1v) is 6.40. The summed E-state index contributed by atoms with van der Waals surface area (Å²) < 4.78 is 0. The van der Waals surface area contributed by atoms with Gasteiger partial charge in [0.1, 0.15) is 6.04 Å². The minimum atomic E-state index is -0.951. The summed E-state index contributed by atoms with van der Waals surface area (Å²) in [4.78, 5) is 24.7. The number of rotatable bonds is 5. The summed E-state index contributed by atoms with van der Waals surface area (Å²) in [6.45, 7) is 4.70. The van der Waals surface area contributed by atoms with E-state index in [1.54, 1.807) is 4.90 Å². The van der Waals surface area contributed by atoms with Crippen LogP contribution in [0, 0.1) is 0 Å². The maximum absolute atomic E-state index is 12.0. The lowest BCUT2D eigenvalue weighted by atomic mass is 10.1. The standard InChI is InChI=1S/C12H22N2O3/c1-3-6-10(11(15)16)13-12(17)14-8-5-7-9(14)4-2/h9-10H,3-8H2,1-2H3,(H,13,17)(H,15,16)/t9?,10-/m0/s1. The second-order valence-corrected chi connectivity index (χ2v) is 4.53. The molecular weight excluding hydrogens is 220 g/mol. The number of nitrogens with one attached hydrogen (secondary N) is 1. The molecule has 1 saturated heterocycles. The van der Waals surface area contributed by atoms with Gasteiger partial charge in [-0.1, -0.05) is 20.3 Å². The number of carboxylic acid groups (broad SMARTS) is 1. The van der Waals surface area contributed by atoms with Crippen molar-refractivity contribution in [1.29, 1.82) is 0 Å². The first kappa shape index (κ1) is 13.8. The Hall–Kier alpha value is -1.26. The molecule has 1 fully saturated rings. The van der Waals surface area contributed by atoms with Gasteiger partial charge in [-0.3, -0.25) is 0 Å². The molecule has 0 aromatic carbocycles. The van der Waals surface area contributed by atoms with Crippen LogP contribution < -0.4 is 5.32 Å². The molecule has 2 atom stereocenters. The number of amides is 2. The predicted molar refractivity (Wildman–Crippen MR) is 64.9 cm³/mol. The molecule has 2 amide bonds. The van der Waals surface area contributed by atoms with Crippen LogP contribution in [0.1, 0.15) is 46.0 Å². The Kier molecular flexibility index (Phi) is 5.25. The second kappa shape index (κ2) is 6.47. The molecule has 17 heavy (non-hydrogen) atoms. The number of aliphatic carboxylic acids is 1. The molecule has 1 aliphatic rings. The quantitative estimate of drug-likeness (QED) is 0.772. The van der Waals surface area contributed by atoms with Crippen molar-refractivity contribution in [3.8, 4) is 0 Å². The fourth-order valence-electron chi connectivity index (χ4n) is 2.31. The van der Waals surface area contributed by atoms with Crippen molar-refractivity contribution >= 4 is 12.0 Å². The number of hydrogen-bond acceptors (Lipinski definition) is 2. The normalized spacial score (nSPS) is 21.3. The summed E-state index contributed by atoms with van der Waals surface area (Å²) in [5, 5.41) is 11.6. The molecule has 1 rings (SSSR count). The van der Waals surface area contributed by atoms with E-state index in [1.807, 2.05) is 6.92 Å². The summed E-state index contributed by atoms with van der Waals surface area (Å²) in [5.74, 6) is -0.951. The van der Waals surface area contributed by atoms with Crippen molar-refractivity contribution in [2.45, 2.75) is 58.0 Å². The zero-order valence-electron chi connectivity index (χ0n) is 10.6. The van der Waals surface area contributed by atoms with Crippen LogP contribution in [-0.2, 0) is 4.79 Å². The minimum absolute atomic E-state index is 0.227. The number of hydrogen-bond donors (Lipinski definition) is 2. The first-order chi connectivity index (χ1) is 8.10. The Bertz CT molecular complexity index is 281. The monoisotopic (exact) mass is 242 g/mol. The maximum atomic E-state index is 12.0. The number of carbonyl (C=O) groups is 2. The molecule has 5 heteroatoms. The van der Waals surface area contributed by atoms with E-state index in [0.717, 1.165) is 32.2 Å². The van der Waals surface area contributed by atoms with Gasteiger partial charge in [-0.05, 0) is 25.7 Å². The van der Waals surface area contributed by atoms with Crippen LogP contribution in [0.2, 0.25) is 0 Å². The highest BCUT2D eigenvalue weighted by Gasteiger charge is 2.29. The predicted octanol–water partition coefficient (Wildman–Crippen LogP) is 1.82. The van der Waals surface area contributed by atoms with Crippen LogP contribution in [0.4, 0.5) is 4.79 Å². The van der Waals surface area contributed by atoms with E-state index < -0.39 is 12.0 Å². The van der Waals surface area contributed by atoms with E-state index in [1.165, 1.54) is 0 Å². The van der Waals surface area contributed by atoms with Gasteiger partial charge in [0, 0.05) is 12.6 Å².